The molecule has 1 N–H and O–H groups in total. The molecule has 1 rings (SSSR count). The van der Waals surface area contributed by atoms with Crippen LogP contribution in [0.15, 0.2) is 22.7 Å². The zero-order valence-electron chi connectivity index (χ0n) is 7.81. The fraction of sp³-hybridized carbons (Fsp3) is 0.300. The Labute approximate surface area is 96.8 Å². The predicted molar refractivity (Wildman–Crippen MR) is 61.4 cm³/mol. The summed E-state index contributed by atoms with van der Waals surface area (Å²) in [5.74, 6) is -0.140. The molecule has 0 aliphatic heterocycles. The number of alkyl halides is 1. The van der Waals surface area contributed by atoms with Crippen molar-refractivity contribution in [2.75, 3.05) is 5.88 Å². The van der Waals surface area contributed by atoms with Gasteiger partial charge in [-0.05, 0) is 24.1 Å². The minimum absolute atomic E-state index is 0.00699. The largest absolute Gasteiger partial charge is 0.351 e. The highest BCUT2D eigenvalue weighted by atomic mass is 79.9. The Morgan fingerprint density at radius 2 is 2.29 bits per heavy atom. The fourth-order valence-electron chi connectivity index (χ4n) is 1.08. The first-order valence-electron chi connectivity index (χ1n) is 4.22. The van der Waals surface area contributed by atoms with E-state index in [9.17, 15) is 4.79 Å². The van der Waals surface area contributed by atoms with Crippen molar-refractivity contribution in [1.29, 1.82) is 0 Å². The van der Waals surface area contributed by atoms with Crippen molar-refractivity contribution < 1.29 is 4.79 Å². The number of hydrogen-bond acceptors (Lipinski definition) is 1. The lowest BCUT2D eigenvalue weighted by atomic mass is 10.1. The smallest absolute Gasteiger partial charge is 0.235 e. The molecular formula is C10H11BrClNO. The molecular weight excluding hydrogens is 265 g/mol. The number of amides is 1. The lowest BCUT2D eigenvalue weighted by molar-refractivity contribution is -0.118. The van der Waals surface area contributed by atoms with Crippen LogP contribution in [0, 0.1) is 6.92 Å². The summed E-state index contributed by atoms with van der Waals surface area (Å²) >= 11 is 8.80. The molecule has 0 saturated heterocycles. The maximum absolute atomic E-state index is 10.9. The number of benzene rings is 1. The zero-order valence-corrected chi connectivity index (χ0v) is 10.2. The van der Waals surface area contributed by atoms with Gasteiger partial charge in [0.25, 0.3) is 0 Å². The Bertz CT molecular complexity index is 341. The van der Waals surface area contributed by atoms with Crippen LogP contribution in [0.2, 0.25) is 0 Å². The Balaban J connectivity index is 2.68. The Hall–Kier alpha value is -0.540. The van der Waals surface area contributed by atoms with Gasteiger partial charge in [-0.1, -0.05) is 28.1 Å². The van der Waals surface area contributed by atoms with E-state index in [0.717, 1.165) is 15.6 Å². The van der Waals surface area contributed by atoms with Crippen LogP contribution in [0.1, 0.15) is 11.1 Å². The summed E-state index contributed by atoms with van der Waals surface area (Å²) < 4.78 is 1.05. The molecule has 1 aromatic carbocycles. The van der Waals surface area contributed by atoms with E-state index in [2.05, 4.69) is 21.2 Å². The van der Waals surface area contributed by atoms with Crippen molar-refractivity contribution in [2.24, 2.45) is 0 Å². The van der Waals surface area contributed by atoms with Crippen molar-refractivity contribution in [1.82, 2.24) is 5.32 Å². The van der Waals surface area contributed by atoms with Gasteiger partial charge in [-0.2, -0.15) is 0 Å². The lowest BCUT2D eigenvalue weighted by Crippen LogP contribution is -2.24. The van der Waals surface area contributed by atoms with E-state index < -0.39 is 0 Å². The van der Waals surface area contributed by atoms with Crippen LogP contribution in [0.3, 0.4) is 0 Å². The summed E-state index contributed by atoms with van der Waals surface area (Å²) in [6.45, 7) is 2.53. The molecule has 0 fully saturated rings. The maximum atomic E-state index is 10.9. The van der Waals surface area contributed by atoms with Crippen molar-refractivity contribution in [2.45, 2.75) is 13.5 Å². The fourth-order valence-corrected chi connectivity index (χ4v) is 1.59. The number of carbonyl (C=O) groups excluding carboxylic acids is 1. The van der Waals surface area contributed by atoms with Crippen LogP contribution in [0.5, 0.6) is 0 Å². The first-order valence-corrected chi connectivity index (χ1v) is 5.54. The summed E-state index contributed by atoms with van der Waals surface area (Å²) in [6.07, 6.45) is 0. The molecule has 0 aromatic heterocycles. The quantitative estimate of drug-likeness (QED) is 0.845. The number of carbonyl (C=O) groups is 1. The van der Waals surface area contributed by atoms with Crippen LogP contribution in [0.4, 0.5) is 0 Å². The number of halogens is 2. The van der Waals surface area contributed by atoms with E-state index in [0.29, 0.717) is 6.54 Å². The monoisotopic (exact) mass is 275 g/mol. The highest BCUT2D eigenvalue weighted by Crippen LogP contribution is 2.18. The molecule has 1 amide bonds. The van der Waals surface area contributed by atoms with Crippen molar-refractivity contribution in [3.63, 3.8) is 0 Å². The van der Waals surface area contributed by atoms with Crippen LogP contribution in [0.25, 0.3) is 0 Å². The topological polar surface area (TPSA) is 29.1 Å². The Morgan fingerprint density at radius 1 is 1.57 bits per heavy atom. The third-order valence-corrected chi connectivity index (χ3v) is 3.08. The van der Waals surface area contributed by atoms with Gasteiger partial charge in [-0.3, -0.25) is 4.79 Å². The molecule has 0 atom stereocenters. The van der Waals surface area contributed by atoms with Gasteiger partial charge in [-0.15, -0.1) is 11.6 Å². The molecule has 14 heavy (non-hydrogen) atoms. The van der Waals surface area contributed by atoms with E-state index in [1.165, 1.54) is 0 Å². The normalized spacial score (nSPS) is 9.93. The molecule has 0 aliphatic rings. The molecule has 0 aliphatic carbocycles. The summed E-state index contributed by atoms with van der Waals surface area (Å²) in [7, 11) is 0. The second kappa shape index (κ2) is 5.37. The SMILES string of the molecule is Cc1c(Br)cccc1CNC(=O)CCl. The summed E-state index contributed by atoms with van der Waals surface area (Å²) in [5.41, 5.74) is 2.24. The molecule has 0 heterocycles. The van der Waals surface area contributed by atoms with E-state index in [1.807, 2.05) is 25.1 Å². The molecule has 4 heteroatoms. The standard InChI is InChI=1S/C10H11BrClNO/c1-7-8(3-2-4-9(7)11)6-13-10(14)5-12/h2-4H,5-6H2,1H3,(H,13,14). The van der Waals surface area contributed by atoms with Gasteiger partial charge < -0.3 is 5.32 Å². The van der Waals surface area contributed by atoms with E-state index in [4.69, 9.17) is 11.6 Å². The number of hydrogen-bond donors (Lipinski definition) is 1. The van der Waals surface area contributed by atoms with Crippen LogP contribution >= 0.6 is 27.5 Å². The number of nitrogens with one attached hydrogen (secondary N) is 1. The molecule has 0 saturated carbocycles. The van der Waals surface area contributed by atoms with Crippen LogP contribution < -0.4 is 5.32 Å². The summed E-state index contributed by atoms with van der Waals surface area (Å²) in [4.78, 5) is 10.9. The first-order chi connectivity index (χ1) is 6.65. The molecule has 76 valence electrons. The van der Waals surface area contributed by atoms with Gasteiger partial charge in [-0.25, -0.2) is 0 Å². The minimum atomic E-state index is -0.147. The van der Waals surface area contributed by atoms with Gasteiger partial charge >= 0.3 is 0 Å². The van der Waals surface area contributed by atoms with E-state index in [-0.39, 0.29) is 11.8 Å². The van der Waals surface area contributed by atoms with Crippen molar-refractivity contribution in [3.8, 4) is 0 Å². The molecule has 0 radical (unpaired) electrons. The maximum Gasteiger partial charge on any atom is 0.235 e. The van der Waals surface area contributed by atoms with E-state index >= 15 is 0 Å². The second-order valence-electron chi connectivity index (χ2n) is 2.93. The van der Waals surface area contributed by atoms with Crippen molar-refractivity contribution >= 4 is 33.4 Å². The van der Waals surface area contributed by atoms with Gasteiger partial charge in [0.1, 0.15) is 5.88 Å². The first kappa shape index (κ1) is 11.5. The van der Waals surface area contributed by atoms with Gasteiger partial charge in [0.2, 0.25) is 5.91 Å². The molecule has 0 bridgehead atoms. The van der Waals surface area contributed by atoms with Gasteiger partial charge in [0.15, 0.2) is 0 Å². The average Bonchev–Trinajstić information content (AvgIpc) is 2.20. The van der Waals surface area contributed by atoms with Crippen molar-refractivity contribution in [3.05, 3.63) is 33.8 Å². The Kier molecular flexibility index (Phi) is 4.42. The average molecular weight is 277 g/mol. The van der Waals surface area contributed by atoms with Crippen LogP contribution in [-0.2, 0) is 11.3 Å². The molecule has 1 aromatic rings. The third-order valence-electron chi connectivity index (χ3n) is 1.98. The van der Waals surface area contributed by atoms with Gasteiger partial charge in [0, 0.05) is 11.0 Å². The minimum Gasteiger partial charge on any atom is -0.351 e. The highest BCUT2D eigenvalue weighted by molar-refractivity contribution is 9.10. The summed E-state index contributed by atoms with van der Waals surface area (Å²) in [5, 5.41) is 2.72. The molecule has 0 unspecified atom stereocenters. The predicted octanol–water partition coefficient (Wildman–Crippen LogP) is 2.61. The van der Waals surface area contributed by atoms with Gasteiger partial charge in [0.05, 0.1) is 0 Å². The number of rotatable bonds is 3. The zero-order chi connectivity index (χ0) is 10.6. The van der Waals surface area contributed by atoms with Crippen LogP contribution in [-0.4, -0.2) is 11.8 Å². The van der Waals surface area contributed by atoms with E-state index in [1.54, 1.807) is 0 Å². The highest BCUT2D eigenvalue weighted by Gasteiger charge is 2.03. The lowest BCUT2D eigenvalue weighted by Gasteiger charge is -2.07. The second-order valence-corrected chi connectivity index (χ2v) is 4.06. The summed E-state index contributed by atoms with van der Waals surface area (Å²) in [6, 6.07) is 5.90. The third kappa shape index (κ3) is 3.00. The Morgan fingerprint density at radius 3 is 2.93 bits per heavy atom. The molecule has 0 spiro atoms. The molecule has 2 nitrogen and oxygen atoms in total.